The summed E-state index contributed by atoms with van der Waals surface area (Å²) in [5, 5.41) is 36.0. The van der Waals surface area contributed by atoms with Gasteiger partial charge in [-0.1, -0.05) is 367 Å². The second-order valence-electron chi connectivity index (χ2n) is 37.8. The Morgan fingerprint density at radius 1 is 0.396 bits per heavy atom. The molecule has 149 heavy (non-hydrogen) atoms. The molecule has 0 saturated carbocycles. The number of rotatable bonds is 13. The van der Waals surface area contributed by atoms with Crippen LogP contribution in [-0.4, -0.2) is 97.1 Å². The minimum absolute atomic E-state index is 0. The zero-order valence-corrected chi connectivity index (χ0v) is 88.4. The predicted molar refractivity (Wildman–Crippen MR) is 591 cm³/mol. The van der Waals surface area contributed by atoms with E-state index in [0.717, 1.165) is 112 Å². The Kier molecular flexibility index (Phi) is 38.9. The molecule has 4 unspecified atom stereocenters. The molecule has 1 aliphatic heterocycles. The number of hydrogen-bond donors (Lipinski definition) is 2. The molecule has 1 heterocycles. The van der Waals surface area contributed by atoms with Crippen molar-refractivity contribution in [3.63, 3.8) is 0 Å². The zero-order valence-electron chi connectivity index (χ0n) is 83.7. The Morgan fingerprint density at radius 3 is 1.31 bits per heavy atom. The summed E-state index contributed by atoms with van der Waals surface area (Å²) in [4.78, 5) is 126. The van der Waals surface area contributed by atoms with E-state index < -0.39 is 41.7 Å². The van der Waals surface area contributed by atoms with Crippen LogP contribution in [0.25, 0.3) is 103 Å². The van der Waals surface area contributed by atoms with Crippen LogP contribution in [0.2, 0.25) is 0 Å². The van der Waals surface area contributed by atoms with Crippen molar-refractivity contribution in [1.82, 2.24) is 0 Å². The number of cyclic esters (lactones) is 2. The first-order valence-electron chi connectivity index (χ1n) is 50.4. The van der Waals surface area contributed by atoms with Crippen LogP contribution in [0.5, 0.6) is 0 Å². The number of ketones is 6. The van der Waals surface area contributed by atoms with Crippen LogP contribution in [0.1, 0.15) is 195 Å². The van der Waals surface area contributed by atoms with Crippen LogP contribution < -0.4 is 51.4 Å². The Labute approximate surface area is 917 Å². The van der Waals surface area contributed by atoms with Crippen LogP contribution in [0.4, 0.5) is 0 Å². The van der Waals surface area contributed by atoms with Crippen LogP contribution in [0.3, 0.4) is 0 Å². The van der Waals surface area contributed by atoms with Gasteiger partial charge in [0.25, 0.3) is 0 Å². The Balaban J connectivity index is 0.000000134. The number of carbonyl (C=O) groups excluding carboxylic acids is 9. The zero-order chi connectivity index (χ0) is 102. The van der Waals surface area contributed by atoms with Gasteiger partial charge in [-0.3, -0.25) is 52.7 Å². The van der Waals surface area contributed by atoms with Gasteiger partial charge in [0, 0.05) is 53.9 Å². The van der Waals surface area contributed by atoms with Crippen LogP contribution in [0, 0.1) is 17.8 Å². The van der Waals surface area contributed by atoms with Gasteiger partial charge in [0.05, 0.1) is 30.7 Å². The van der Waals surface area contributed by atoms with Crippen molar-refractivity contribution in [2.45, 2.75) is 147 Å². The molecule has 19 heteroatoms. The molecule has 17 nitrogen and oxygen atoms in total. The minimum Gasteiger partial charge on any atom is -0.870 e. The number of alkyl halides is 1. The molecule has 7 aliphatic carbocycles. The molecule has 0 amide bonds. The van der Waals surface area contributed by atoms with E-state index >= 15 is 0 Å². The van der Waals surface area contributed by atoms with Gasteiger partial charge in [-0.2, -0.15) is 0 Å². The quantitative estimate of drug-likeness (QED) is 0.0356. The molecule has 4 N–H and O–H groups in total. The summed E-state index contributed by atoms with van der Waals surface area (Å²) in [5.41, 5.74) is 20.7. The van der Waals surface area contributed by atoms with Crippen molar-refractivity contribution in [3.8, 4) is 0 Å². The number of aliphatic carboxylic acids is 2. The molecular weight excluding hydrogens is 1950 g/mol. The number of halogens is 1. The number of carbonyl (C=O) groups is 11. The Bertz CT molecular complexity index is 7950. The monoisotopic (exact) mass is 2070 g/mol. The second-order valence-corrected chi connectivity index (χ2v) is 38.9. The normalized spacial score (nSPS) is 15.6. The number of carboxylic acids is 2. The number of Topliss-reactive ketones (excluding diaryl/α,β-unsaturated/α-hetero) is 5. The maximum atomic E-state index is 13.1. The molecule has 17 aromatic carbocycles. The first-order valence-corrected chi connectivity index (χ1v) is 51.3. The van der Waals surface area contributed by atoms with Gasteiger partial charge in [-0.25, -0.2) is 0 Å². The van der Waals surface area contributed by atoms with Crippen LogP contribution >= 0.6 is 15.9 Å². The third kappa shape index (κ3) is 27.0. The molecule has 0 aromatic heterocycles. The van der Waals surface area contributed by atoms with Gasteiger partial charge in [0.1, 0.15) is 11.7 Å². The van der Waals surface area contributed by atoms with Gasteiger partial charge in [0.15, 0.2) is 28.9 Å². The summed E-state index contributed by atoms with van der Waals surface area (Å²) in [6, 6.07) is 118. The largest absolute Gasteiger partial charge is 1.00 e. The van der Waals surface area contributed by atoms with Crippen molar-refractivity contribution in [2.75, 3.05) is 6.61 Å². The fraction of sp³-hybridized carbons (Fsp3) is 0.208. The van der Waals surface area contributed by atoms with Crippen molar-refractivity contribution in [1.29, 1.82) is 0 Å². The van der Waals surface area contributed by atoms with E-state index in [0.29, 0.717) is 54.3 Å². The molecule has 0 bridgehead atoms. The molecule has 25 rings (SSSR count). The minimum atomic E-state index is -1.01. The van der Waals surface area contributed by atoms with E-state index in [-0.39, 0.29) is 129 Å². The Hall–Kier alpha value is -14.4. The predicted octanol–water partition coefficient (Wildman–Crippen LogP) is 25.7. The standard InChI is InChI=1S/C23H18.C20H20O4.C17H14O.C14H11BrO.C14H12O3.C14H14O2.C14H12O.C10H8.C4H4O3.K.2H2O/c1-2-6-16(7-3-1)20-14-19-13-12-18-11-10-17-8-4-5-9-21(17)23(18)22(19)15-20;1-3-24-20(23)17(12(2)21)16-11-10-14-9-8-13-6-4-5-7-15(13)18(14)19(16)22;18-14-9-13-8-7-12-6-5-11-3-1-2-4-15(11)17(12)16(13)10-14;15-12-8-7-10-6-5-9-3-1-2-4-11(9)13(10)14(12)16;15-13(7-8-14(16)17)12-6-5-10-3-1-2-4-11(10)9-12;15-14(16)7-3-4-11-8-9-12-5-1-2-6-13(12)10-11;15-13-7-3-5-11-9-8-10-4-1-2-6-12(10)14(11)13;1-2-6-10-8-4-3-7-9(10)5-1;5-3-1-2-4(6)7-3;;;/h1-11,15H,12-14H2;4-9,16-17H,3,10-11H2,1-2H3;1-6,10,13H,7-9H2;1-6,12H,7-8H2;1-6,9H,7-8H2,(H,16,17);1-2,5-6,8-10H,3-4,7H2,(H,15,16);1-2,4,6,8-9H,3,5,7H2;1-8H;1-2H2;;2*1H2/q;;;;;;;;;+1;;/p-2. The fourth-order valence-electron chi connectivity index (χ4n) is 21.1. The van der Waals surface area contributed by atoms with E-state index in [1.54, 1.807) is 24.6 Å². The first-order chi connectivity index (χ1) is 71.1. The molecule has 0 radical (unpaired) electrons. The van der Waals surface area contributed by atoms with E-state index in [1.807, 2.05) is 115 Å². The number of hydrogen-bond acceptors (Lipinski definition) is 15. The molecule has 17 aromatic rings. The van der Waals surface area contributed by atoms with E-state index in [4.69, 9.17) is 14.9 Å². The van der Waals surface area contributed by atoms with Crippen molar-refractivity contribution >= 4 is 183 Å². The van der Waals surface area contributed by atoms with Crippen molar-refractivity contribution in [2.24, 2.45) is 17.8 Å². The number of allylic oxidation sites excluding steroid dienone is 6. The van der Waals surface area contributed by atoms with E-state index in [9.17, 15) is 52.7 Å². The van der Waals surface area contributed by atoms with Crippen LogP contribution in [0.15, 0.2) is 364 Å². The molecule has 746 valence electrons. The summed E-state index contributed by atoms with van der Waals surface area (Å²) in [7, 11) is 0. The van der Waals surface area contributed by atoms with Crippen molar-refractivity contribution < 1.29 is 135 Å². The summed E-state index contributed by atoms with van der Waals surface area (Å²) in [6.07, 6.45) is 18.8. The van der Waals surface area contributed by atoms with E-state index in [2.05, 4.69) is 251 Å². The summed E-state index contributed by atoms with van der Waals surface area (Å²) in [5.74, 6) is -3.95. The van der Waals surface area contributed by atoms with Gasteiger partial charge in [-0.15, -0.1) is 0 Å². The number of esters is 3. The van der Waals surface area contributed by atoms with Crippen LogP contribution in [-0.2, 0) is 81.6 Å². The van der Waals surface area contributed by atoms with E-state index in [1.165, 1.54) is 129 Å². The molecule has 1 saturated heterocycles. The number of benzene rings is 17. The number of aryl methyl sites for hydroxylation is 6. The summed E-state index contributed by atoms with van der Waals surface area (Å²) < 4.78 is 9.11. The van der Waals surface area contributed by atoms with Gasteiger partial charge < -0.3 is 30.6 Å². The van der Waals surface area contributed by atoms with Gasteiger partial charge in [0.2, 0.25) is 0 Å². The number of ether oxygens (including phenoxy) is 2. The summed E-state index contributed by atoms with van der Waals surface area (Å²) >= 11 is 3.46. The Morgan fingerprint density at radius 2 is 0.812 bits per heavy atom. The molecule has 8 aliphatic rings. The first kappa shape index (κ1) is 110. The number of carboxylic acid groups (broad SMARTS) is 2. The van der Waals surface area contributed by atoms with Crippen molar-refractivity contribution in [3.05, 3.63) is 436 Å². The molecule has 4 atom stereocenters. The average molecular weight is 2070 g/mol. The molecule has 0 spiro atoms. The van der Waals surface area contributed by atoms with Gasteiger partial charge >= 0.3 is 81.2 Å². The molecule has 1 fully saturated rings. The third-order valence-corrected chi connectivity index (χ3v) is 29.2. The summed E-state index contributed by atoms with van der Waals surface area (Å²) in [6.45, 7) is 3.25. The topological polar surface area (TPSA) is 307 Å². The maximum Gasteiger partial charge on any atom is 1.00 e. The smallest absolute Gasteiger partial charge is 0.870 e. The molecular formula is C130H115BrKO17-. The average Bonchev–Trinajstić information content (AvgIpc) is 1.70. The number of fused-ring (bicyclic) bond motifs is 21. The fourth-order valence-corrected chi connectivity index (χ4v) is 21.5. The van der Waals surface area contributed by atoms with Gasteiger partial charge in [-0.05, 0) is 268 Å². The SMILES string of the molecule is C1=C(c2ccccc2)CC2=C1c1c(ccc3ccccc13)CC2.CCOC(=O)C(C(C)=O)C1CCc2ccc3ccccc3c2C1=O.O=C(O)CCC(=O)c1ccc2ccccc2c1.O=C(O)CCCc1ccc2ccccc2c1.O=C1C=C2c3c(ccc4ccccc34)CCC2C1.O=C1CCC(=O)O1.O=C1CCCc2ccc3ccccc3c21.O=C1c2c(ccc3ccccc23)CCC1Br.[K+].[OH-].[OH-].c1ccc2ccccc2c1. The second kappa shape index (κ2) is 52.5. The third-order valence-electron chi connectivity index (χ3n) is 28.3. The maximum absolute atomic E-state index is 13.1.